The minimum Gasteiger partial charge on any atom is -0.491 e. The number of nitrogens with zero attached hydrogens (tertiary/aromatic N) is 1. The summed E-state index contributed by atoms with van der Waals surface area (Å²) < 4.78 is 11.4. The molecule has 2 aliphatic heterocycles. The summed E-state index contributed by atoms with van der Waals surface area (Å²) in [6.45, 7) is 2.20. The van der Waals surface area contributed by atoms with Crippen LogP contribution >= 0.6 is 11.3 Å². The highest BCUT2D eigenvalue weighted by molar-refractivity contribution is 7.08. The largest absolute Gasteiger partial charge is 0.491 e. The van der Waals surface area contributed by atoms with Crippen LogP contribution < -0.4 is 4.74 Å². The van der Waals surface area contributed by atoms with Gasteiger partial charge in [0.2, 0.25) is 0 Å². The van der Waals surface area contributed by atoms with E-state index < -0.39 is 0 Å². The number of likely N-dealkylation sites (tertiary alicyclic amines) is 1. The highest BCUT2D eigenvalue weighted by atomic mass is 32.1. The Morgan fingerprint density at radius 1 is 1.28 bits per heavy atom. The monoisotopic (exact) mass is 357 g/mol. The van der Waals surface area contributed by atoms with Crippen molar-refractivity contribution in [1.29, 1.82) is 0 Å². The van der Waals surface area contributed by atoms with E-state index in [4.69, 9.17) is 9.47 Å². The first-order valence-electron chi connectivity index (χ1n) is 8.99. The normalized spacial score (nSPS) is 23.1. The van der Waals surface area contributed by atoms with Gasteiger partial charge in [0, 0.05) is 18.7 Å². The molecule has 5 heteroatoms. The Bertz CT molecular complexity index is 709. The molecule has 0 radical (unpaired) electrons. The Kier molecular flexibility index (Phi) is 5.04. The van der Waals surface area contributed by atoms with Gasteiger partial charge >= 0.3 is 0 Å². The van der Waals surface area contributed by atoms with Gasteiger partial charge in [-0.05, 0) is 66.3 Å². The standard InChI is InChI=1S/C20H23NO3S/c22-20(21-9-2-7-19(21)16-8-11-25-14-16)15-4-1-5-17(12-15)24-13-18-6-3-10-23-18/h1,4-5,8,11-12,14,18-19H,2-3,6-7,9-10,13H2. The molecule has 132 valence electrons. The van der Waals surface area contributed by atoms with Crippen LogP contribution in [0.15, 0.2) is 41.1 Å². The first-order valence-corrected chi connectivity index (χ1v) is 9.93. The van der Waals surface area contributed by atoms with Crippen LogP contribution in [0, 0.1) is 0 Å². The zero-order chi connectivity index (χ0) is 17.1. The zero-order valence-electron chi connectivity index (χ0n) is 14.2. The first kappa shape index (κ1) is 16.6. The predicted octanol–water partition coefficient (Wildman–Crippen LogP) is 4.28. The van der Waals surface area contributed by atoms with E-state index in [2.05, 4.69) is 16.8 Å². The van der Waals surface area contributed by atoms with Crippen molar-refractivity contribution < 1.29 is 14.3 Å². The number of benzene rings is 1. The van der Waals surface area contributed by atoms with Crippen molar-refractivity contribution in [2.75, 3.05) is 19.8 Å². The average molecular weight is 357 g/mol. The maximum atomic E-state index is 13.0. The van der Waals surface area contributed by atoms with Crippen molar-refractivity contribution in [2.45, 2.75) is 37.8 Å². The van der Waals surface area contributed by atoms with E-state index >= 15 is 0 Å². The van der Waals surface area contributed by atoms with E-state index in [1.54, 1.807) is 11.3 Å². The van der Waals surface area contributed by atoms with Crippen molar-refractivity contribution in [2.24, 2.45) is 0 Å². The van der Waals surface area contributed by atoms with Crippen LogP contribution in [0.5, 0.6) is 5.75 Å². The number of carbonyl (C=O) groups is 1. The Balaban J connectivity index is 1.45. The molecule has 3 heterocycles. The molecule has 0 spiro atoms. The minimum absolute atomic E-state index is 0.0938. The quantitative estimate of drug-likeness (QED) is 0.801. The van der Waals surface area contributed by atoms with Crippen LogP contribution in [0.2, 0.25) is 0 Å². The fraction of sp³-hybridized carbons (Fsp3) is 0.450. The van der Waals surface area contributed by atoms with Crippen molar-refractivity contribution in [3.63, 3.8) is 0 Å². The summed E-state index contributed by atoms with van der Waals surface area (Å²) in [7, 11) is 0. The Morgan fingerprint density at radius 2 is 2.24 bits per heavy atom. The van der Waals surface area contributed by atoms with Gasteiger partial charge in [0.25, 0.3) is 5.91 Å². The zero-order valence-corrected chi connectivity index (χ0v) is 15.0. The van der Waals surface area contributed by atoms with Crippen molar-refractivity contribution in [3.8, 4) is 5.75 Å². The first-order chi connectivity index (χ1) is 12.3. The molecule has 0 saturated carbocycles. The van der Waals surface area contributed by atoms with E-state index in [9.17, 15) is 4.79 Å². The summed E-state index contributed by atoms with van der Waals surface area (Å²) in [5.74, 6) is 0.837. The molecule has 0 N–H and O–H groups in total. The fourth-order valence-electron chi connectivity index (χ4n) is 3.67. The predicted molar refractivity (Wildman–Crippen MR) is 98.2 cm³/mol. The molecule has 1 aromatic carbocycles. The Labute approximate surface area is 152 Å². The topological polar surface area (TPSA) is 38.8 Å². The lowest BCUT2D eigenvalue weighted by atomic mass is 10.1. The number of hydrogen-bond donors (Lipinski definition) is 0. The van der Waals surface area contributed by atoms with Crippen molar-refractivity contribution in [1.82, 2.24) is 4.90 Å². The molecule has 4 nitrogen and oxygen atoms in total. The second-order valence-corrected chi connectivity index (χ2v) is 7.47. The number of hydrogen-bond acceptors (Lipinski definition) is 4. The van der Waals surface area contributed by atoms with Crippen molar-refractivity contribution >= 4 is 17.2 Å². The molecular formula is C20H23NO3S. The van der Waals surface area contributed by atoms with Gasteiger partial charge in [-0.25, -0.2) is 0 Å². The van der Waals surface area contributed by atoms with Gasteiger partial charge < -0.3 is 14.4 Å². The average Bonchev–Trinajstić information content (AvgIpc) is 3.41. The molecule has 2 saturated heterocycles. The third-order valence-electron chi connectivity index (χ3n) is 4.98. The van der Waals surface area contributed by atoms with Crippen LogP contribution in [0.3, 0.4) is 0 Å². The van der Waals surface area contributed by atoms with Gasteiger partial charge in [-0.3, -0.25) is 4.79 Å². The highest BCUT2D eigenvalue weighted by Crippen LogP contribution is 2.34. The van der Waals surface area contributed by atoms with E-state index in [1.807, 2.05) is 29.2 Å². The lowest BCUT2D eigenvalue weighted by Crippen LogP contribution is -2.30. The van der Waals surface area contributed by atoms with Gasteiger partial charge in [-0.1, -0.05) is 6.07 Å². The summed E-state index contributed by atoms with van der Waals surface area (Å²) in [4.78, 5) is 15.0. The van der Waals surface area contributed by atoms with E-state index in [1.165, 1.54) is 5.56 Å². The smallest absolute Gasteiger partial charge is 0.254 e. The molecule has 4 rings (SSSR count). The Morgan fingerprint density at radius 3 is 3.04 bits per heavy atom. The third-order valence-corrected chi connectivity index (χ3v) is 5.68. The van der Waals surface area contributed by atoms with Gasteiger partial charge in [0.05, 0.1) is 12.1 Å². The molecule has 2 aliphatic rings. The third kappa shape index (κ3) is 3.72. The van der Waals surface area contributed by atoms with Crippen LogP contribution in [0.4, 0.5) is 0 Å². The summed E-state index contributed by atoms with van der Waals surface area (Å²) >= 11 is 1.69. The van der Waals surface area contributed by atoms with Crippen LogP contribution in [0.1, 0.15) is 47.6 Å². The fourth-order valence-corrected chi connectivity index (χ4v) is 4.38. The molecule has 2 atom stereocenters. The molecule has 25 heavy (non-hydrogen) atoms. The molecule has 2 aromatic rings. The SMILES string of the molecule is O=C(c1cccc(OCC2CCCO2)c1)N1CCCC1c1ccsc1. The lowest BCUT2D eigenvalue weighted by Gasteiger charge is -2.24. The van der Waals surface area contributed by atoms with E-state index in [-0.39, 0.29) is 18.1 Å². The molecule has 2 unspecified atom stereocenters. The highest BCUT2D eigenvalue weighted by Gasteiger charge is 2.30. The van der Waals surface area contributed by atoms with Crippen LogP contribution in [0.25, 0.3) is 0 Å². The molecule has 2 fully saturated rings. The second-order valence-electron chi connectivity index (χ2n) is 6.69. The van der Waals surface area contributed by atoms with Crippen LogP contribution in [-0.2, 0) is 4.74 Å². The number of thiophene rings is 1. The minimum atomic E-state index is 0.0938. The molecule has 0 aliphatic carbocycles. The Hall–Kier alpha value is -1.85. The summed E-state index contributed by atoms with van der Waals surface area (Å²) in [5, 5.41) is 4.23. The molecule has 1 amide bonds. The number of carbonyl (C=O) groups excluding carboxylic acids is 1. The van der Waals surface area contributed by atoms with Crippen LogP contribution in [-0.4, -0.2) is 36.7 Å². The van der Waals surface area contributed by atoms with Crippen molar-refractivity contribution in [3.05, 3.63) is 52.2 Å². The van der Waals surface area contributed by atoms with Gasteiger partial charge in [0.15, 0.2) is 0 Å². The van der Waals surface area contributed by atoms with Gasteiger partial charge in [-0.2, -0.15) is 11.3 Å². The lowest BCUT2D eigenvalue weighted by molar-refractivity contribution is 0.0676. The maximum Gasteiger partial charge on any atom is 0.254 e. The summed E-state index contributed by atoms with van der Waals surface area (Å²) in [6.07, 6.45) is 4.43. The molecule has 1 aromatic heterocycles. The number of ether oxygens (including phenoxy) is 2. The summed E-state index contributed by atoms with van der Waals surface area (Å²) in [6, 6.07) is 9.88. The van der Waals surface area contributed by atoms with E-state index in [0.717, 1.165) is 44.6 Å². The van der Waals surface area contributed by atoms with E-state index in [0.29, 0.717) is 12.2 Å². The van der Waals surface area contributed by atoms with Gasteiger partial charge in [0.1, 0.15) is 12.4 Å². The maximum absolute atomic E-state index is 13.0. The number of rotatable bonds is 5. The molecule has 0 bridgehead atoms. The molecular weight excluding hydrogens is 334 g/mol. The number of amides is 1. The second kappa shape index (κ2) is 7.58. The van der Waals surface area contributed by atoms with Gasteiger partial charge in [-0.15, -0.1) is 0 Å². The summed E-state index contributed by atoms with van der Waals surface area (Å²) in [5.41, 5.74) is 1.95.